The molecule has 2 nitrogen and oxygen atoms in total. The minimum Gasteiger partial charge on any atom is -0.457 e. The zero-order valence-electron chi connectivity index (χ0n) is 25.4. The molecule has 1 aliphatic heterocycles. The first-order valence-electron chi connectivity index (χ1n) is 15.8. The second kappa shape index (κ2) is 11.6. The van der Waals surface area contributed by atoms with Crippen molar-refractivity contribution in [2.24, 2.45) is 0 Å². The SMILES string of the molecule is c1ccc(Oc2cccc3c2C(c2ccccc2)(c2ccccc2)N(c2ccccc2)C3(c2ccccc2)c2ccccc2)cc1. The van der Waals surface area contributed by atoms with Crippen molar-refractivity contribution in [2.45, 2.75) is 11.1 Å². The summed E-state index contributed by atoms with van der Waals surface area (Å²) in [6.45, 7) is 0. The Labute approximate surface area is 270 Å². The molecule has 1 heterocycles. The Morgan fingerprint density at radius 1 is 0.348 bits per heavy atom. The van der Waals surface area contributed by atoms with Crippen LogP contribution in [-0.2, 0) is 11.1 Å². The van der Waals surface area contributed by atoms with E-state index in [1.54, 1.807) is 0 Å². The predicted molar refractivity (Wildman–Crippen MR) is 187 cm³/mol. The lowest BCUT2D eigenvalue weighted by Crippen LogP contribution is -2.54. The van der Waals surface area contributed by atoms with E-state index >= 15 is 0 Å². The molecule has 220 valence electrons. The molecule has 7 aromatic rings. The maximum atomic E-state index is 6.94. The lowest BCUT2D eigenvalue weighted by atomic mass is 9.76. The highest BCUT2D eigenvalue weighted by Gasteiger charge is 2.62. The molecule has 0 saturated carbocycles. The van der Waals surface area contributed by atoms with E-state index in [1.807, 2.05) is 30.3 Å². The molecule has 0 atom stereocenters. The zero-order valence-corrected chi connectivity index (χ0v) is 25.4. The van der Waals surface area contributed by atoms with Crippen LogP contribution in [0.15, 0.2) is 200 Å². The molecule has 0 unspecified atom stereocenters. The summed E-state index contributed by atoms with van der Waals surface area (Å²) < 4.78 is 6.94. The number of hydrogen-bond donors (Lipinski definition) is 0. The number of fused-ring (bicyclic) bond motifs is 1. The van der Waals surface area contributed by atoms with Crippen molar-refractivity contribution < 1.29 is 4.74 Å². The summed E-state index contributed by atoms with van der Waals surface area (Å²) in [4.78, 5) is 2.65. The minimum absolute atomic E-state index is 0.735. The van der Waals surface area contributed by atoms with E-state index in [2.05, 4.69) is 175 Å². The summed E-state index contributed by atoms with van der Waals surface area (Å²) in [5, 5.41) is 0. The summed E-state index contributed by atoms with van der Waals surface area (Å²) in [6.07, 6.45) is 0. The molecule has 0 spiro atoms. The minimum atomic E-state index is -0.795. The Balaban J connectivity index is 1.62. The van der Waals surface area contributed by atoms with Gasteiger partial charge in [-0.1, -0.05) is 170 Å². The molecule has 1 aliphatic rings. The number of benzene rings is 7. The van der Waals surface area contributed by atoms with Crippen LogP contribution in [0.4, 0.5) is 5.69 Å². The third-order valence-electron chi connectivity index (χ3n) is 9.20. The molecule has 0 amide bonds. The second-order valence-electron chi connectivity index (χ2n) is 11.6. The van der Waals surface area contributed by atoms with Crippen LogP contribution in [0, 0.1) is 0 Å². The van der Waals surface area contributed by atoms with Crippen LogP contribution in [-0.4, -0.2) is 0 Å². The third-order valence-corrected chi connectivity index (χ3v) is 9.20. The van der Waals surface area contributed by atoms with Crippen molar-refractivity contribution in [3.8, 4) is 11.5 Å². The molecule has 0 fully saturated rings. The molecule has 0 aliphatic carbocycles. The monoisotopic (exact) mass is 591 g/mol. The van der Waals surface area contributed by atoms with Crippen LogP contribution in [0.1, 0.15) is 33.4 Å². The van der Waals surface area contributed by atoms with Gasteiger partial charge >= 0.3 is 0 Å². The number of para-hydroxylation sites is 2. The van der Waals surface area contributed by atoms with Crippen LogP contribution in [0.3, 0.4) is 0 Å². The van der Waals surface area contributed by atoms with Gasteiger partial charge in [-0.25, -0.2) is 0 Å². The maximum absolute atomic E-state index is 6.94. The first kappa shape index (κ1) is 27.7. The van der Waals surface area contributed by atoms with Gasteiger partial charge in [0.25, 0.3) is 0 Å². The number of ether oxygens (including phenoxy) is 1. The van der Waals surface area contributed by atoms with Gasteiger partial charge in [-0.2, -0.15) is 0 Å². The fourth-order valence-electron chi connectivity index (χ4n) is 7.52. The van der Waals surface area contributed by atoms with E-state index in [1.165, 1.54) is 16.7 Å². The van der Waals surface area contributed by atoms with Gasteiger partial charge in [0.05, 0.1) is 0 Å². The Morgan fingerprint density at radius 2 is 0.739 bits per heavy atom. The van der Waals surface area contributed by atoms with Crippen LogP contribution >= 0.6 is 0 Å². The highest BCUT2D eigenvalue weighted by Crippen LogP contribution is 2.64. The predicted octanol–water partition coefficient (Wildman–Crippen LogP) is 10.6. The van der Waals surface area contributed by atoms with E-state index < -0.39 is 11.1 Å². The number of rotatable bonds is 7. The molecule has 0 radical (unpaired) electrons. The highest BCUT2D eigenvalue weighted by molar-refractivity contribution is 5.80. The molecule has 0 bridgehead atoms. The Morgan fingerprint density at radius 3 is 1.20 bits per heavy atom. The fourth-order valence-corrected chi connectivity index (χ4v) is 7.52. The molecular formula is C44H33NO. The van der Waals surface area contributed by atoms with E-state index in [0.717, 1.165) is 33.9 Å². The number of hydrogen-bond acceptors (Lipinski definition) is 2. The van der Waals surface area contributed by atoms with Crippen molar-refractivity contribution in [2.75, 3.05) is 4.90 Å². The summed E-state index contributed by atoms with van der Waals surface area (Å²) in [6, 6.07) is 71.2. The number of nitrogens with zero attached hydrogens (tertiary/aromatic N) is 1. The van der Waals surface area contributed by atoms with Crippen LogP contribution in [0.5, 0.6) is 11.5 Å². The van der Waals surface area contributed by atoms with Crippen LogP contribution in [0.2, 0.25) is 0 Å². The molecule has 8 rings (SSSR count). The molecule has 7 aromatic carbocycles. The molecular weight excluding hydrogens is 558 g/mol. The van der Waals surface area contributed by atoms with Crippen molar-refractivity contribution in [1.82, 2.24) is 0 Å². The van der Waals surface area contributed by atoms with E-state index in [-0.39, 0.29) is 0 Å². The van der Waals surface area contributed by atoms with Gasteiger partial charge in [0.15, 0.2) is 0 Å². The largest absolute Gasteiger partial charge is 0.457 e. The smallest absolute Gasteiger partial charge is 0.134 e. The first-order chi connectivity index (χ1) is 22.8. The first-order valence-corrected chi connectivity index (χ1v) is 15.8. The topological polar surface area (TPSA) is 12.5 Å². The quantitative estimate of drug-likeness (QED) is 0.183. The fraction of sp³-hybridized carbons (Fsp3) is 0.0455. The van der Waals surface area contributed by atoms with E-state index in [9.17, 15) is 0 Å². The summed E-state index contributed by atoms with van der Waals surface area (Å²) in [7, 11) is 0. The lowest BCUT2D eigenvalue weighted by molar-refractivity contribution is 0.455. The third kappa shape index (κ3) is 4.18. The molecule has 46 heavy (non-hydrogen) atoms. The van der Waals surface area contributed by atoms with E-state index in [0.29, 0.717) is 0 Å². The average molecular weight is 592 g/mol. The van der Waals surface area contributed by atoms with Crippen molar-refractivity contribution in [3.05, 3.63) is 234 Å². The van der Waals surface area contributed by atoms with Gasteiger partial charge in [-0.15, -0.1) is 0 Å². The van der Waals surface area contributed by atoms with Gasteiger partial charge < -0.3 is 9.64 Å². The Kier molecular flexibility index (Phi) is 6.96. The second-order valence-corrected chi connectivity index (χ2v) is 11.6. The zero-order chi connectivity index (χ0) is 30.8. The lowest BCUT2D eigenvalue weighted by Gasteiger charge is -2.50. The summed E-state index contributed by atoms with van der Waals surface area (Å²) >= 11 is 0. The molecule has 0 saturated heterocycles. The van der Waals surface area contributed by atoms with Gasteiger partial charge in [0, 0.05) is 11.3 Å². The Hall–Kier alpha value is -5.86. The van der Waals surface area contributed by atoms with Gasteiger partial charge in [0.1, 0.15) is 22.6 Å². The molecule has 0 N–H and O–H groups in total. The molecule has 0 aromatic heterocycles. The maximum Gasteiger partial charge on any atom is 0.134 e. The van der Waals surface area contributed by atoms with Gasteiger partial charge in [-0.05, 0) is 58.1 Å². The van der Waals surface area contributed by atoms with Crippen molar-refractivity contribution in [1.29, 1.82) is 0 Å². The van der Waals surface area contributed by atoms with Crippen LogP contribution < -0.4 is 9.64 Å². The average Bonchev–Trinajstić information content (AvgIpc) is 3.44. The normalized spacial score (nSPS) is 14.4. The summed E-state index contributed by atoms with van der Waals surface area (Å²) in [5.41, 5.74) is 6.53. The summed E-state index contributed by atoms with van der Waals surface area (Å²) in [5.74, 6) is 1.63. The standard InChI is InChI=1S/C44H33NO/c1-7-20-34(21-8-1)43(35-22-9-2-10-23-35)40-32-19-33-41(46-39-30-17-6-18-31-39)42(40)44(36-24-11-3-12-25-36,37-26-13-4-14-27-37)45(43)38-28-15-5-16-29-38/h1-33H. The van der Waals surface area contributed by atoms with Gasteiger partial charge in [-0.3, -0.25) is 0 Å². The number of anilines is 1. The highest BCUT2D eigenvalue weighted by atomic mass is 16.5. The van der Waals surface area contributed by atoms with E-state index in [4.69, 9.17) is 4.74 Å². The van der Waals surface area contributed by atoms with Gasteiger partial charge in [0.2, 0.25) is 0 Å². The van der Waals surface area contributed by atoms with Crippen molar-refractivity contribution >= 4 is 5.69 Å². The Bertz CT molecular complexity index is 1970. The molecule has 2 heteroatoms. The van der Waals surface area contributed by atoms with Crippen LogP contribution in [0.25, 0.3) is 0 Å². The van der Waals surface area contributed by atoms with Crippen molar-refractivity contribution in [3.63, 3.8) is 0 Å².